The molecule has 0 aromatic heterocycles. The Morgan fingerprint density at radius 1 is 0.857 bits per heavy atom. The summed E-state index contributed by atoms with van der Waals surface area (Å²) in [7, 11) is 0. The molecule has 1 aliphatic carbocycles. The van der Waals surface area contributed by atoms with Gasteiger partial charge in [0.25, 0.3) is 0 Å². The van der Waals surface area contributed by atoms with Crippen LogP contribution in [-0.4, -0.2) is 0 Å². The molecule has 0 fully saturated rings. The van der Waals surface area contributed by atoms with Crippen LogP contribution in [0.4, 0.5) is 0 Å². The van der Waals surface area contributed by atoms with Crippen LogP contribution in [0, 0.1) is 0 Å². The quantitative estimate of drug-likeness (QED) is 0.546. The molecular formula is C18H25Cl2Zr. The molecule has 0 saturated heterocycles. The van der Waals surface area contributed by atoms with Crippen molar-refractivity contribution in [1.29, 1.82) is 0 Å². The molecule has 0 aliphatic heterocycles. The van der Waals surface area contributed by atoms with Crippen LogP contribution in [0.5, 0.6) is 0 Å². The van der Waals surface area contributed by atoms with Crippen LogP contribution in [0.15, 0.2) is 24.3 Å². The van der Waals surface area contributed by atoms with E-state index in [9.17, 15) is 0 Å². The van der Waals surface area contributed by atoms with Gasteiger partial charge in [-0.25, -0.2) is 0 Å². The van der Waals surface area contributed by atoms with Gasteiger partial charge >= 0.3 is 26.2 Å². The Morgan fingerprint density at radius 2 is 1.38 bits per heavy atom. The zero-order chi connectivity index (χ0) is 13.1. The Labute approximate surface area is 161 Å². The number of hydrogen-bond acceptors (Lipinski definition) is 0. The largest absolute Gasteiger partial charge is 3.00 e. The fraction of sp³-hybridized carbons (Fsp3) is 0.500. The van der Waals surface area contributed by atoms with Crippen molar-refractivity contribution in [3.8, 4) is 0 Å². The van der Waals surface area contributed by atoms with Crippen molar-refractivity contribution in [2.24, 2.45) is 0 Å². The van der Waals surface area contributed by atoms with Gasteiger partial charge < -0.3 is 24.8 Å². The van der Waals surface area contributed by atoms with Crippen molar-refractivity contribution in [3.63, 3.8) is 0 Å². The second-order valence-electron chi connectivity index (χ2n) is 5.04. The van der Waals surface area contributed by atoms with Crippen LogP contribution in [0.1, 0.15) is 61.4 Å². The van der Waals surface area contributed by atoms with Crippen molar-refractivity contribution in [2.75, 3.05) is 0 Å². The van der Waals surface area contributed by atoms with Crippen LogP contribution in [0.25, 0.3) is 0 Å². The first-order chi connectivity index (χ1) is 8.78. The topological polar surface area (TPSA) is 0 Å². The first-order valence-electron chi connectivity index (χ1n) is 7.45. The van der Waals surface area contributed by atoms with Gasteiger partial charge in [-0.2, -0.15) is 27.8 Å². The van der Waals surface area contributed by atoms with E-state index in [2.05, 4.69) is 52.0 Å². The third-order valence-corrected chi connectivity index (χ3v) is 4.24. The molecule has 0 saturated carbocycles. The van der Waals surface area contributed by atoms with Gasteiger partial charge in [-0.3, -0.25) is 0 Å². The van der Waals surface area contributed by atoms with Crippen molar-refractivity contribution in [1.82, 2.24) is 0 Å². The molecule has 21 heavy (non-hydrogen) atoms. The maximum absolute atomic E-state index is 2.34. The SMILES string of the molecule is CCc1c(CC)c(C2C=CC=C2)[c-](CC)c1CC.[Cl-].[Cl-].[Zr+3]. The summed E-state index contributed by atoms with van der Waals surface area (Å²) in [6.07, 6.45) is 13.8. The number of hydrogen-bond donors (Lipinski definition) is 0. The molecule has 0 heterocycles. The van der Waals surface area contributed by atoms with Crippen molar-refractivity contribution in [3.05, 3.63) is 52.1 Å². The molecule has 115 valence electrons. The summed E-state index contributed by atoms with van der Waals surface area (Å²) in [4.78, 5) is 0. The zero-order valence-electron chi connectivity index (χ0n) is 13.5. The van der Waals surface area contributed by atoms with Gasteiger partial charge in [0, 0.05) is 0 Å². The minimum atomic E-state index is 0. The van der Waals surface area contributed by atoms with Crippen molar-refractivity contribution < 1.29 is 51.0 Å². The maximum Gasteiger partial charge on any atom is 3.00 e. The third-order valence-electron chi connectivity index (χ3n) is 4.24. The molecule has 1 radical (unpaired) electrons. The van der Waals surface area contributed by atoms with Crippen LogP contribution in [0.2, 0.25) is 0 Å². The van der Waals surface area contributed by atoms with E-state index < -0.39 is 0 Å². The summed E-state index contributed by atoms with van der Waals surface area (Å²) in [5.74, 6) is 0.528. The standard InChI is InChI=1S/C18H25.2ClH.Zr/c1-5-14-15(6-2)17(8-4)18(16(14)7-3)13-11-9-10-12-13;;;/h9-13H,5-8H2,1-4H3;2*1H;/q-1;;;+3/p-2. The zero-order valence-corrected chi connectivity index (χ0v) is 17.4. The third kappa shape index (κ3) is 4.40. The second-order valence-corrected chi connectivity index (χ2v) is 5.04. The summed E-state index contributed by atoms with van der Waals surface area (Å²) in [5.41, 5.74) is 8.17. The minimum absolute atomic E-state index is 0. The van der Waals surface area contributed by atoms with E-state index in [4.69, 9.17) is 0 Å². The van der Waals surface area contributed by atoms with E-state index >= 15 is 0 Å². The van der Waals surface area contributed by atoms with Gasteiger partial charge in [0.15, 0.2) is 0 Å². The molecule has 0 bridgehead atoms. The van der Waals surface area contributed by atoms with E-state index in [1.165, 1.54) is 25.7 Å². The average molecular weight is 404 g/mol. The predicted octanol–water partition coefficient (Wildman–Crippen LogP) is -1.13. The molecule has 0 unspecified atom stereocenters. The normalized spacial score (nSPS) is 12.8. The van der Waals surface area contributed by atoms with E-state index in [1.807, 2.05) is 0 Å². The fourth-order valence-corrected chi connectivity index (χ4v) is 3.56. The predicted molar refractivity (Wildman–Crippen MR) is 80.6 cm³/mol. The van der Waals surface area contributed by atoms with Crippen LogP contribution in [0.3, 0.4) is 0 Å². The molecule has 3 heteroatoms. The van der Waals surface area contributed by atoms with Crippen LogP contribution < -0.4 is 24.8 Å². The first kappa shape index (κ1) is 23.6. The van der Waals surface area contributed by atoms with Crippen molar-refractivity contribution in [2.45, 2.75) is 59.3 Å². The number of allylic oxidation sites excluding steroid dienone is 4. The first-order valence-corrected chi connectivity index (χ1v) is 7.45. The molecule has 0 spiro atoms. The Kier molecular flexibility index (Phi) is 12.3. The Hall–Kier alpha value is 0.293. The van der Waals surface area contributed by atoms with Gasteiger partial charge in [-0.05, 0) is 5.92 Å². The molecule has 1 aromatic carbocycles. The molecule has 0 amide bonds. The number of halogens is 2. The molecule has 1 aromatic rings. The Morgan fingerprint density at radius 3 is 1.76 bits per heavy atom. The maximum atomic E-state index is 2.34. The summed E-state index contributed by atoms with van der Waals surface area (Å²) >= 11 is 0. The Balaban J connectivity index is 0. The fourth-order valence-electron chi connectivity index (χ4n) is 3.56. The summed E-state index contributed by atoms with van der Waals surface area (Å²) in [5, 5.41) is 0. The number of rotatable bonds is 5. The van der Waals surface area contributed by atoms with E-state index in [0.29, 0.717) is 5.92 Å². The molecule has 0 N–H and O–H groups in total. The molecular weight excluding hydrogens is 378 g/mol. The summed E-state index contributed by atoms with van der Waals surface area (Å²) in [6, 6.07) is 0. The van der Waals surface area contributed by atoms with Gasteiger partial charge in [0.1, 0.15) is 0 Å². The van der Waals surface area contributed by atoms with Gasteiger partial charge in [0.2, 0.25) is 0 Å². The van der Waals surface area contributed by atoms with E-state index in [-0.39, 0.29) is 51.0 Å². The van der Waals surface area contributed by atoms with Gasteiger partial charge in [0.05, 0.1) is 0 Å². The van der Waals surface area contributed by atoms with Gasteiger partial charge in [-0.1, -0.05) is 77.7 Å². The Bertz CT molecular complexity index is 442. The van der Waals surface area contributed by atoms with Crippen LogP contribution in [-0.2, 0) is 51.9 Å². The smallest absolute Gasteiger partial charge is 1.00 e. The van der Waals surface area contributed by atoms with E-state index in [1.54, 1.807) is 27.8 Å². The molecule has 2 rings (SSSR count). The van der Waals surface area contributed by atoms with E-state index in [0.717, 1.165) is 0 Å². The average Bonchev–Trinajstić information content (AvgIpc) is 3.01. The molecule has 0 atom stereocenters. The summed E-state index contributed by atoms with van der Waals surface area (Å²) < 4.78 is 0. The monoisotopic (exact) mass is 401 g/mol. The van der Waals surface area contributed by atoms with Crippen LogP contribution >= 0.6 is 0 Å². The van der Waals surface area contributed by atoms with Crippen molar-refractivity contribution >= 4 is 0 Å². The minimum Gasteiger partial charge on any atom is -1.00 e. The summed E-state index contributed by atoms with van der Waals surface area (Å²) in [6.45, 7) is 9.22. The molecule has 0 nitrogen and oxygen atoms in total. The second kappa shape index (κ2) is 10.9. The van der Waals surface area contributed by atoms with Gasteiger partial charge in [-0.15, -0.1) is 0 Å². The molecule has 1 aliphatic rings.